The Morgan fingerprint density at radius 2 is 2.29 bits per heavy atom. The highest BCUT2D eigenvalue weighted by atomic mass is 19.4. The predicted molar refractivity (Wildman–Crippen MR) is 54.0 cm³/mol. The lowest BCUT2D eigenvalue weighted by atomic mass is 10.4. The van der Waals surface area contributed by atoms with Gasteiger partial charge in [-0.25, -0.2) is 4.98 Å². The molecular formula is C9H13F3N4O. The van der Waals surface area contributed by atoms with Crippen molar-refractivity contribution < 1.29 is 18.0 Å². The van der Waals surface area contributed by atoms with E-state index < -0.39 is 18.6 Å². The minimum absolute atomic E-state index is 0.236. The molecule has 0 saturated carbocycles. The number of carbonyl (C=O) groups excluding carboxylic acids is 1. The van der Waals surface area contributed by atoms with Gasteiger partial charge in [0, 0.05) is 19.4 Å². The van der Waals surface area contributed by atoms with Crippen molar-refractivity contribution >= 4 is 5.91 Å². The Hall–Kier alpha value is -1.57. The van der Waals surface area contributed by atoms with Crippen molar-refractivity contribution in [2.24, 2.45) is 0 Å². The first-order valence-electron chi connectivity index (χ1n) is 4.88. The molecule has 0 unspecified atom stereocenters. The van der Waals surface area contributed by atoms with E-state index >= 15 is 0 Å². The zero-order valence-corrected chi connectivity index (χ0v) is 9.21. The number of H-pyrrole nitrogens is 1. The predicted octanol–water partition coefficient (Wildman–Crippen LogP) is 0.520. The van der Waals surface area contributed by atoms with Gasteiger partial charge >= 0.3 is 6.18 Å². The van der Waals surface area contributed by atoms with E-state index in [1.165, 1.54) is 18.1 Å². The highest BCUT2D eigenvalue weighted by molar-refractivity contribution is 5.77. The van der Waals surface area contributed by atoms with Crippen molar-refractivity contribution in [1.29, 1.82) is 0 Å². The molecule has 0 atom stereocenters. The number of hydrogen-bond donors (Lipinski definition) is 2. The monoisotopic (exact) mass is 250 g/mol. The summed E-state index contributed by atoms with van der Waals surface area (Å²) in [6.45, 7) is -1.29. The van der Waals surface area contributed by atoms with E-state index in [-0.39, 0.29) is 13.1 Å². The maximum absolute atomic E-state index is 11.8. The average Bonchev–Trinajstić information content (AvgIpc) is 2.68. The van der Waals surface area contributed by atoms with Gasteiger partial charge in [-0.15, -0.1) is 0 Å². The molecule has 0 fully saturated rings. The first-order chi connectivity index (χ1) is 7.88. The highest BCUT2D eigenvalue weighted by Crippen LogP contribution is 2.11. The minimum Gasteiger partial charge on any atom is -0.347 e. The zero-order valence-electron chi connectivity index (χ0n) is 9.21. The summed E-state index contributed by atoms with van der Waals surface area (Å²) in [5.41, 5.74) is 0. The summed E-state index contributed by atoms with van der Waals surface area (Å²) < 4.78 is 35.4. The topological polar surface area (TPSA) is 61.0 Å². The Labute approximate surface area is 96.0 Å². The lowest BCUT2D eigenvalue weighted by Crippen LogP contribution is -2.39. The van der Waals surface area contributed by atoms with Crippen LogP contribution in [0.2, 0.25) is 0 Å². The average molecular weight is 250 g/mol. The fourth-order valence-corrected chi connectivity index (χ4v) is 1.14. The Balaban J connectivity index is 2.28. The van der Waals surface area contributed by atoms with E-state index in [0.29, 0.717) is 5.82 Å². The third kappa shape index (κ3) is 5.34. The van der Waals surface area contributed by atoms with Crippen LogP contribution < -0.4 is 5.32 Å². The van der Waals surface area contributed by atoms with Gasteiger partial charge in [0.2, 0.25) is 5.91 Å². The number of nitrogens with zero attached hydrogens (tertiary/aromatic N) is 2. The number of hydrogen-bond acceptors (Lipinski definition) is 3. The van der Waals surface area contributed by atoms with Crippen LogP contribution in [0.25, 0.3) is 0 Å². The van der Waals surface area contributed by atoms with Crippen LogP contribution in [0.15, 0.2) is 12.4 Å². The maximum atomic E-state index is 11.8. The summed E-state index contributed by atoms with van der Waals surface area (Å²) in [6.07, 6.45) is -1.16. The fourth-order valence-electron chi connectivity index (χ4n) is 1.14. The SMILES string of the molecule is CN(Cc1ncc[nH]1)C(=O)CNCC(F)(F)F. The fraction of sp³-hybridized carbons (Fsp3) is 0.556. The highest BCUT2D eigenvalue weighted by Gasteiger charge is 2.26. The lowest BCUT2D eigenvalue weighted by Gasteiger charge is -2.16. The quantitative estimate of drug-likeness (QED) is 0.801. The van der Waals surface area contributed by atoms with Gasteiger partial charge in [-0.3, -0.25) is 4.79 Å². The first kappa shape index (κ1) is 13.5. The van der Waals surface area contributed by atoms with E-state index in [2.05, 4.69) is 9.97 Å². The van der Waals surface area contributed by atoms with Crippen LogP contribution in [0, 0.1) is 0 Å². The number of likely N-dealkylation sites (N-methyl/N-ethyl adjacent to an activating group) is 1. The van der Waals surface area contributed by atoms with E-state index in [0.717, 1.165) is 0 Å². The third-order valence-corrected chi connectivity index (χ3v) is 1.97. The molecule has 1 heterocycles. The van der Waals surface area contributed by atoms with Crippen molar-refractivity contribution in [2.75, 3.05) is 20.1 Å². The van der Waals surface area contributed by atoms with E-state index in [1.807, 2.05) is 5.32 Å². The largest absolute Gasteiger partial charge is 0.401 e. The van der Waals surface area contributed by atoms with Gasteiger partial charge in [0.1, 0.15) is 5.82 Å². The number of alkyl halides is 3. The molecule has 2 N–H and O–H groups in total. The molecule has 1 aromatic heterocycles. The Morgan fingerprint density at radius 3 is 2.82 bits per heavy atom. The summed E-state index contributed by atoms with van der Waals surface area (Å²) in [5, 5.41) is 2.04. The molecule has 1 amide bonds. The molecule has 0 bridgehead atoms. The van der Waals surface area contributed by atoms with Crippen LogP contribution in [0.4, 0.5) is 13.2 Å². The molecule has 1 rings (SSSR count). The Morgan fingerprint density at radius 1 is 1.59 bits per heavy atom. The standard InChI is InChI=1S/C9H13F3N4O/c1-16(5-7-14-2-3-15-7)8(17)4-13-6-9(10,11)12/h2-3,13H,4-6H2,1H3,(H,14,15). The van der Waals surface area contributed by atoms with Crippen LogP contribution in [0.5, 0.6) is 0 Å². The molecule has 96 valence electrons. The number of imidazole rings is 1. The summed E-state index contributed by atoms with van der Waals surface area (Å²) >= 11 is 0. The van der Waals surface area contributed by atoms with Gasteiger partial charge in [0.25, 0.3) is 0 Å². The second-order valence-electron chi connectivity index (χ2n) is 3.50. The van der Waals surface area contributed by atoms with Gasteiger partial charge in [-0.1, -0.05) is 0 Å². The molecule has 0 aromatic carbocycles. The molecule has 0 spiro atoms. The smallest absolute Gasteiger partial charge is 0.347 e. The van der Waals surface area contributed by atoms with Crippen LogP contribution in [0.1, 0.15) is 5.82 Å². The van der Waals surface area contributed by atoms with Gasteiger partial charge in [0.05, 0.1) is 19.6 Å². The molecule has 0 aliphatic rings. The maximum Gasteiger partial charge on any atom is 0.401 e. The minimum atomic E-state index is -4.31. The first-order valence-corrected chi connectivity index (χ1v) is 4.88. The van der Waals surface area contributed by atoms with Crippen molar-refractivity contribution in [1.82, 2.24) is 20.2 Å². The number of halogens is 3. The Bertz CT molecular complexity index is 350. The number of rotatable bonds is 5. The molecule has 5 nitrogen and oxygen atoms in total. The van der Waals surface area contributed by atoms with Crippen LogP contribution in [-0.2, 0) is 11.3 Å². The molecular weight excluding hydrogens is 237 g/mol. The van der Waals surface area contributed by atoms with Gasteiger partial charge in [-0.2, -0.15) is 13.2 Å². The third-order valence-electron chi connectivity index (χ3n) is 1.97. The number of amides is 1. The molecule has 0 radical (unpaired) electrons. The molecule has 17 heavy (non-hydrogen) atoms. The van der Waals surface area contributed by atoms with Crippen molar-refractivity contribution in [3.05, 3.63) is 18.2 Å². The molecule has 8 heteroatoms. The zero-order chi connectivity index (χ0) is 12.9. The normalized spacial score (nSPS) is 11.5. The number of aromatic nitrogens is 2. The molecule has 0 saturated heterocycles. The van der Waals surface area contributed by atoms with E-state index in [9.17, 15) is 18.0 Å². The van der Waals surface area contributed by atoms with Crippen LogP contribution in [0.3, 0.4) is 0 Å². The van der Waals surface area contributed by atoms with E-state index in [4.69, 9.17) is 0 Å². The van der Waals surface area contributed by atoms with Gasteiger partial charge in [0.15, 0.2) is 0 Å². The van der Waals surface area contributed by atoms with Crippen molar-refractivity contribution in [3.63, 3.8) is 0 Å². The molecule has 0 aliphatic heterocycles. The van der Waals surface area contributed by atoms with E-state index in [1.54, 1.807) is 6.20 Å². The summed E-state index contributed by atoms with van der Waals surface area (Å²) in [6, 6.07) is 0. The summed E-state index contributed by atoms with van der Waals surface area (Å²) in [5.74, 6) is 0.155. The second-order valence-corrected chi connectivity index (χ2v) is 3.50. The lowest BCUT2D eigenvalue weighted by molar-refractivity contribution is -0.133. The van der Waals surface area contributed by atoms with Crippen molar-refractivity contribution in [3.8, 4) is 0 Å². The second kappa shape index (κ2) is 5.67. The summed E-state index contributed by atoms with van der Waals surface area (Å²) in [7, 11) is 1.50. The van der Waals surface area contributed by atoms with Crippen LogP contribution >= 0.6 is 0 Å². The molecule has 1 aromatic rings. The summed E-state index contributed by atoms with van der Waals surface area (Å²) in [4.78, 5) is 19.4. The van der Waals surface area contributed by atoms with Crippen molar-refractivity contribution in [2.45, 2.75) is 12.7 Å². The van der Waals surface area contributed by atoms with Gasteiger partial charge in [-0.05, 0) is 0 Å². The van der Waals surface area contributed by atoms with Gasteiger partial charge < -0.3 is 15.2 Å². The Kier molecular flexibility index (Phi) is 4.50. The number of aromatic amines is 1. The number of nitrogens with one attached hydrogen (secondary N) is 2. The number of carbonyl (C=O) groups is 1. The molecule has 0 aliphatic carbocycles. The van der Waals surface area contributed by atoms with Crippen LogP contribution in [-0.4, -0.2) is 47.1 Å².